The van der Waals surface area contributed by atoms with Crippen molar-refractivity contribution in [3.8, 4) is 0 Å². The number of aromatic nitrogens is 2. The lowest BCUT2D eigenvalue weighted by molar-refractivity contribution is -0.250. The summed E-state index contributed by atoms with van der Waals surface area (Å²) in [6.07, 6.45) is -7.77. The van der Waals surface area contributed by atoms with Crippen molar-refractivity contribution >= 4 is 29.6 Å². The number of H-pyrrole nitrogens is 1. The zero-order valence-electron chi connectivity index (χ0n) is 36.3. The number of carbonyl (C=O) groups excluding carboxylic acids is 5. The molecule has 22 heteroatoms. The summed E-state index contributed by atoms with van der Waals surface area (Å²) in [7, 11) is 3.93. The van der Waals surface area contributed by atoms with Gasteiger partial charge in [0.05, 0.1) is 6.42 Å². The van der Waals surface area contributed by atoms with Crippen LogP contribution in [-0.4, -0.2) is 144 Å². The molecule has 0 saturated carbocycles. The Labute approximate surface area is 354 Å². The summed E-state index contributed by atoms with van der Waals surface area (Å²) in [6, 6.07) is -0.0757. The quantitative estimate of drug-likeness (QED) is 0.0699. The van der Waals surface area contributed by atoms with Gasteiger partial charge in [0, 0.05) is 65.8 Å². The van der Waals surface area contributed by atoms with Gasteiger partial charge in [0.25, 0.3) is 11.5 Å². The third-order valence-electron chi connectivity index (χ3n) is 9.00. The number of hydrogen-bond acceptors (Lipinski definition) is 16. The SMILES string of the molecule is CCCO.CCNC(=O)CCC(=O)O[C@H]([C@H](OC)C(OC)[C@@H](O[C@H]1OC(C(=O)N[C@H]2CCC[C@@H](C)NC2=O)=C[C@H](O)[C@@H]1O)C(N)=O)n1ccc(=O)[nH]c1=O.COCCC(C)C. The first-order chi connectivity index (χ1) is 28.9. The predicted octanol–water partition coefficient (Wildman–Crippen LogP) is -1.40. The number of amides is 4. The third-order valence-corrected chi connectivity index (χ3v) is 9.00. The van der Waals surface area contributed by atoms with E-state index in [0.717, 1.165) is 56.1 Å². The fraction of sp³-hybridized carbons (Fsp3) is 0.718. The summed E-state index contributed by atoms with van der Waals surface area (Å²) < 4.78 is 33.4. The van der Waals surface area contributed by atoms with Crippen molar-refractivity contribution in [2.24, 2.45) is 11.7 Å². The fourth-order valence-electron chi connectivity index (χ4n) is 5.68. The molecule has 9 N–H and O–H groups in total. The van der Waals surface area contributed by atoms with Gasteiger partial charge in [-0.3, -0.25) is 38.3 Å². The molecule has 9 atom stereocenters. The van der Waals surface area contributed by atoms with E-state index in [0.29, 0.717) is 32.4 Å². The normalized spacial score (nSPS) is 21.8. The average Bonchev–Trinajstić information content (AvgIpc) is 3.37. The molecule has 22 nitrogen and oxygen atoms in total. The largest absolute Gasteiger partial charge is 0.456 e. The lowest BCUT2D eigenvalue weighted by Gasteiger charge is -2.38. The van der Waals surface area contributed by atoms with E-state index in [1.54, 1.807) is 14.0 Å². The Kier molecular flexibility index (Phi) is 25.6. The smallest absolute Gasteiger partial charge is 0.331 e. The standard InChI is InChI=1S/C30H44N6O14.C6H14O.C3H8O/c1-5-32-18(38)9-10-20(40)49-28(36-12-11-19(39)35-30(36)45)24(47-4)22(46-3)23(25(31)42)50-29-21(41)16(37)13-17(48-29)27(44)34-15-8-6-7-14(2)33-26(15)43;1-6(2)4-5-7-3;1-2-3-4/h11-16,21-24,28-29,37,41H,5-10H2,1-4H3,(H2,31,42)(H,32,38)(H,33,43)(H,34,44)(H,35,39,45);6H,4-5H2,1-3H3;4H,2-3H2,1H3/t14-,15+,16+,21+,22?,23-,24-,28-,29-;;/m1../s1. The number of nitrogens with zero attached hydrogens (tertiary/aromatic N) is 1. The first kappa shape index (κ1) is 54.3. The Morgan fingerprint density at radius 1 is 1.03 bits per heavy atom. The number of ether oxygens (including phenoxy) is 6. The second-order valence-corrected chi connectivity index (χ2v) is 14.5. The molecule has 1 saturated heterocycles. The molecule has 61 heavy (non-hydrogen) atoms. The number of primary amides is 1. The van der Waals surface area contributed by atoms with Gasteiger partial charge < -0.3 is 65.4 Å². The summed E-state index contributed by atoms with van der Waals surface area (Å²) in [4.78, 5) is 89.9. The van der Waals surface area contributed by atoms with Gasteiger partial charge in [0.1, 0.15) is 30.5 Å². The van der Waals surface area contributed by atoms with E-state index in [2.05, 4.69) is 29.8 Å². The number of nitrogens with one attached hydrogen (secondary N) is 4. The highest BCUT2D eigenvalue weighted by Crippen LogP contribution is 2.28. The minimum atomic E-state index is -1.96. The second-order valence-electron chi connectivity index (χ2n) is 14.5. The number of aromatic amines is 1. The van der Waals surface area contributed by atoms with Crippen LogP contribution in [-0.2, 0) is 52.4 Å². The van der Waals surface area contributed by atoms with E-state index in [-0.39, 0.29) is 12.5 Å². The van der Waals surface area contributed by atoms with E-state index in [4.69, 9.17) is 39.3 Å². The number of methoxy groups -OCH3 is 3. The van der Waals surface area contributed by atoms with Crippen LogP contribution in [0.25, 0.3) is 0 Å². The molecule has 0 aromatic carbocycles. The van der Waals surface area contributed by atoms with Crippen LogP contribution in [0.4, 0.5) is 0 Å². The Morgan fingerprint density at radius 2 is 1.69 bits per heavy atom. The second kappa shape index (κ2) is 28.7. The van der Waals surface area contributed by atoms with Crippen molar-refractivity contribution in [1.82, 2.24) is 25.5 Å². The first-order valence-electron chi connectivity index (χ1n) is 20.1. The molecule has 2 aliphatic rings. The van der Waals surface area contributed by atoms with Gasteiger partial charge in [0.15, 0.2) is 11.9 Å². The Balaban J connectivity index is 0.00000149. The molecule has 1 fully saturated rings. The zero-order valence-corrected chi connectivity index (χ0v) is 36.3. The monoisotopic (exact) mass is 874 g/mol. The predicted molar refractivity (Wildman–Crippen MR) is 217 cm³/mol. The van der Waals surface area contributed by atoms with Gasteiger partial charge in [-0.05, 0) is 57.9 Å². The fourth-order valence-corrected chi connectivity index (χ4v) is 5.68. The summed E-state index contributed by atoms with van der Waals surface area (Å²) in [5.74, 6) is -3.80. The molecule has 0 bridgehead atoms. The summed E-state index contributed by atoms with van der Waals surface area (Å²) in [5, 5.41) is 36.9. The van der Waals surface area contributed by atoms with E-state index < -0.39 is 102 Å². The van der Waals surface area contributed by atoms with Gasteiger partial charge in [-0.15, -0.1) is 0 Å². The van der Waals surface area contributed by atoms with E-state index in [1.807, 2.05) is 18.8 Å². The highest BCUT2D eigenvalue weighted by atomic mass is 16.7. The first-order valence-corrected chi connectivity index (χ1v) is 20.1. The molecule has 0 spiro atoms. The minimum absolute atomic E-state index is 0.0992. The van der Waals surface area contributed by atoms with Gasteiger partial charge in [-0.2, -0.15) is 0 Å². The van der Waals surface area contributed by atoms with Crippen molar-refractivity contribution in [2.45, 2.75) is 135 Å². The Morgan fingerprint density at radius 3 is 2.21 bits per heavy atom. The van der Waals surface area contributed by atoms with Crippen LogP contribution < -0.4 is 32.9 Å². The van der Waals surface area contributed by atoms with Crippen LogP contribution >= 0.6 is 0 Å². The van der Waals surface area contributed by atoms with Crippen LogP contribution in [0.1, 0.15) is 85.8 Å². The van der Waals surface area contributed by atoms with Crippen LogP contribution in [0.3, 0.4) is 0 Å². The number of rotatable bonds is 20. The third kappa shape index (κ3) is 18.8. The molecule has 348 valence electrons. The van der Waals surface area contributed by atoms with Crippen molar-refractivity contribution < 1.29 is 67.7 Å². The number of carbonyl (C=O) groups is 5. The molecule has 0 radical (unpaired) electrons. The summed E-state index contributed by atoms with van der Waals surface area (Å²) in [5.41, 5.74) is 3.81. The van der Waals surface area contributed by atoms with Crippen molar-refractivity contribution in [3.05, 3.63) is 44.9 Å². The summed E-state index contributed by atoms with van der Waals surface area (Å²) >= 11 is 0. The van der Waals surface area contributed by atoms with E-state index >= 15 is 0 Å². The lowest BCUT2D eigenvalue weighted by Crippen LogP contribution is -2.57. The number of esters is 1. The van der Waals surface area contributed by atoms with Gasteiger partial charge in [-0.1, -0.05) is 20.8 Å². The molecule has 0 aliphatic carbocycles. The molecule has 1 aromatic heterocycles. The highest BCUT2D eigenvalue weighted by molar-refractivity contribution is 5.95. The molecule has 1 unspecified atom stereocenters. The molecule has 4 amide bonds. The van der Waals surface area contributed by atoms with Crippen LogP contribution in [0, 0.1) is 5.92 Å². The lowest BCUT2D eigenvalue weighted by atomic mass is 10.0. The number of nitrogens with two attached hydrogens (primary N) is 1. The van der Waals surface area contributed by atoms with Crippen molar-refractivity contribution in [3.63, 3.8) is 0 Å². The number of aliphatic hydroxyl groups is 3. The van der Waals surface area contributed by atoms with Gasteiger partial charge in [-0.25, -0.2) is 4.79 Å². The number of aliphatic hydroxyl groups excluding tert-OH is 3. The van der Waals surface area contributed by atoms with Gasteiger partial charge >= 0.3 is 11.7 Å². The van der Waals surface area contributed by atoms with E-state index in [9.17, 15) is 43.8 Å². The minimum Gasteiger partial charge on any atom is -0.456 e. The van der Waals surface area contributed by atoms with Crippen molar-refractivity contribution in [2.75, 3.05) is 41.1 Å². The molecule has 3 rings (SSSR count). The van der Waals surface area contributed by atoms with Crippen molar-refractivity contribution in [1.29, 1.82) is 0 Å². The topological polar surface area (TPSA) is 318 Å². The average molecular weight is 875 g/mol. The number of hydrogen-bond donors (Lipinski definition) is 8. The molecule has 2 aliphatic heterocycles. The zero-order chi connectivity index (χ0) is 46.2. The van der Waals surface area contributed by atoms with E-state index in [1.165, 1.54) is 6.42 Å². The Hall–Kier alpha value is -4.71. The Bertz CT molecular complexity index is 1670. The van der Waals surface area contributed by atoms with Gasteiger partial charge in [0.2, 0.25) is 30.2 Å². The maximum absolute atomic E-state index is 13.1. The molecule has 3 heterocycles. The molecular formula is C39H66N6O16. The van der Waals surface area contributed by atoms with Crippen LogP contribution in [0.15, 0.2) is 33.7 Å². The molecular weight excluding hydrogens is 808 g/mol. The highest BCUT2D eigenvalue weighted by Gasteiger charge is 2.46. The maximum Gasteiger partial charge on any atom is 0.331 e. The van der Waals surface area contributed by atoms with Crippen LogP contribution in [0.5, 0.6) is 0 Å². The maximum atomic E-state index is 13.1. The molecule has 1 aromatic rings. The van der Waals surface area contributed by atoms with Crippen LogP contribution in [0.2, 0.25) is 0 Å². The summed E-state index contributed by atoms with van der Waals surface area (Å²) in [6.45, 7) is 11.4.